The number of hydrogen-bond acceptors (Lipinski definition) is 1. The van der Waals surface area contributed by atoms with E-state index in [1.165, 1.54) is 6.92 Å². The van der Waals surface area contributed by atoms with Crippen LogP contribution in [0.3, 0.4) is 0 Å². The molecule has 0 aliphatic heterocycles. The molecule has 1 N–H and O–H groups in total. The van der Waals surface area contributed by atoms with Crippen LogP contribution in [0.15, 0.2) is 12.2 Å². The van der Waals surface area contributed by atoms with Crippen LogP contribution in [0.1, 0.15) is 6.92 Å². The monoisotopic (exact) mass is 238 g/mol. The van der Waals surface area contributed by atoms with Crippen LogP contribution in [0.4, 0.5) is 0 Å². The van der Waals surface area contributed by atoms with E-state index < -0.39 is 5.97 Å². The van der Waals surface area contributed by atoms with Crippen LogP contribution >= 0.6 is 0 Å². The van der Waals surface area contributed by atoms with Crippen molar-refractivity contribution in [3.63, 3.8) is 0 Å². The molecular formula is C4H6O2Sm. The summed E-state index contributed by atoms with van der Waals surface area (Å²) in [6.07, 6.45) is 0. The van der Waals surface area contributed by atoms with Crippen molar-refractivity contribution >= 4 is 5.97 Å². The normalized spacial score (nSPS) is 6.43. The molecule has 2 nitrogen and oxygen atoms in total. The van der Waals surface area contributed by atoms with E-state index in [4.69, 9.17) is 5.11 Å². The first-order valence-corrected chi connectivity index (χ1v) is 1.53. The topological polar surface area (TPSA) is 37.3 Å². The molecule has 3 heteroatoms. The standard InChI is InChI=1S/C4H6O2.Sm/c1-3(2)4(5)6;/h1H2,2H3,(H,5,6);. The Morgan fingerprint density at radius 2 is 1.86 bits per heavy atom. The van der Waals surface area contributed by atoms with E-state index in [1.807, 2.05) is 0 Å². The molecule has 0 aromatic heterocycles. The molecule has 0 radical (unpaired) electrons. The van der Waals surface area contributed by atoms with Gasteiger partial charge in [0.25, 0.3) is 0 Å². The molecule has 0 fully saturated rings. The van der Waals surface area contributed by atoms with E-state index >= 15 is 0 Å². The summed E-state index contributed by atoms with van der Waals surface area (Å²) in [5.41, 5.74) is 0.176. The maximum absolute atomic E-state index is 9.60. The third-order valence-corrected chi connectivity index (χ3v) is 0.365. The van der Waals surface area contributed by atoms with Gasteiger partial charge in [0.05, 0.1) is 0 Å². The second-order valence-electron chi connectivity index (χ2n) is 1.09. The van der Waals surface area contributed by atoms with Crippen molar-refractivity contribution in [3.8, 4) is 0 Å². The first-order valence-electron chi connectivity index (χ1n) is 1.53. The second kappa shape index (κ2) is 4.70. The number of rotatable bonds is 1. The Balaban J connectivity index is 0. The van der Waals surface area contributed by atoms with Crippen molar-refractivity contribution in [2.75, 3.05) is 0 Å². The molecule has 0 aromatic carbocycles. The van der Waals surface area contributed by atoms with Crippen LogP contribution in [0.5, 0.6) is 0 Å². The summed E-state index contributed by atoms with van der Waals surface area (Å²) < 4.78 is 0. The minimum atomic E-state index is -0.935. The van der Waals surface area contributed by atoms with Crippen LogP contribution in [0, 0.1) is 40.4 Å². The zero-order valence-corrected chi connectivity index (χ0v) is 6.59. The van der Waals surface area contributed by atoms with Gasteiger partial charge in [-0.15, -0.1) is 0 Å². The minimum Gasteiger partial charge on any atom is -0.478 e. The first kappa shape index (κ1) is 10.5. The summed E-state index contributed by atoms with van der Waals surface area (Å²) in [4.78, 5) is 9.60. The van der Waals surface area contributed by atoms with Crippen LogP contribution < -0.4 is 0 Å². The average Bonchev–Trinajstić information content (AvgIpc) is 1.36. The van der Waals surface area contributed by atoms with E-state index in [2.05, 4.69) is 6.58 Å². The van der Waals surface area contributed by atoms with Gasteiger partial charge in [0.1, 0.15) is 0 Å². The Labute approximate surface area is 74.7 Å². The van der Waals surface area contributed by atoms with E-state index in [0.29, 0.717) is 0 Å². The van der Waals surface area contributed by atoms with Crippen LogP contribution in [-0.4, -0.2) is 11.1 Å². The van der Waals surface area contributed by atoms with Gasteiger partial charge in [-0.25, -0.2) is 4.79 Å². The Morgan fingerprint density at radius 1 is 1.71 bits per heavy atom. The summed E-state index contributed by atoms with van der Waals surface area (Å²) in [5.74, 6) is -0.935. The van der Waals surface area contributed by atoms with Gasteiger partial charge in [-0.1, -0.05) is 6.58 Å². The van der Waals surface area contributed by atoms with Crippen molar-refractivity contribution in [1.82, 2.24) is 0 Å². The molecule has 0 aromatic rings. The maximum atomic E-state index is 9.60. The number of aliphatic carboxylic acids is 1. The van der Waals surface area contributed by atoms with Gasteiger partial charge >= 0.3 is 5.97 Å². The van der Waals surface area contributed by atoms with Crippen molar-refractivity contribution in [3.05, 3.63) is 12.2 Å². The number of carbonyl (C=O) groups is 1. The average molecular weight is 236 g/mol. The Bertz CT molecular complexity index is 75.7. The van der Waals surface area contributed by atoms with Gasteiger partial charge in [0.15, 0.2) is 0 Å². The summed E-state index contributed by atoms with van der Waals surface area (Å²) in [6, 6.07) is 0. The van der Waals surface area contributed by atoms with E-state index in [-0.39, 0.29) is 46.0 Å². The van der Waals surface area contributed by atoms with Crippen molar-refractivity contribution in [1.29, 1.82) is 0 Å². The number of hydrogen-bond donors (Lipinski definition) is 1. The van der Waals surface area contributed by atoms with Gasteiger partial charge in [-0.2, -0.15) is 0 Å². The molecule has 40 valence electrons. The molecule has 0 saturated carbocycles. The number of carboxylic acids is 1. The zero-order chi connectivity index (χ0) is 5.15. The van der Waals surface area contributed by atoms with Gasteiger partial charge in [-0.05, 0) is 6.92 Å². The molecule has 0 amide bonds. The molecule has 0 saturated heterocycles. The molecule has 0 aliphatic rings. The molecule has 7 heavy (non-hydrogen) atoms. The fourth-order valence-electron chi connectivity index (χ4n) is 0. The molecule has 0 spiro atoms. The molecule has 0 aliphatic carbocycles. The van der Waals surface area contributed by atoms with E-state index in [0.717, 1.165) is 0 Å². The molecule has 0 heterocycles. The van der Waals surface area contributed by atoms with Crippen molar-refractivity contribution in [2.45, 2.75) is 6.92 Å². The van der Waals surface area contributed by atoms with E-state index in [9.17, 15) is 4.79 Å². The maximum Gasteiger partial charge on any atom is 0.330 e. The van der Waals surface area contributed by atoms with Crippen molar-refractivity contribution < 1.29 is 50.3 Å². The zero-order valence-electron chi connectivity index (χ0n) is 3.97. The summed E-state index contributed by atoms with van der Waals surface area (Å²) in [5, 5.41) is 7.89. The first-order chi connectivity index (χ1) is 2.64. The Kier molecular flexibility index (Phi) is 7.06. The van der Waals surface area contributed by atoms with Gasteiger partial charge in [0, 0.05) is 46.0 Å². The minimum absolute atomic E-state index is 0. The molecule has 0 rings (SSSR count). The fourth-order valence-corrected chi connectivity index (χ4v) is 0. The van der Waals surface area contributed by atoms with Crippen LogP contribution in [0.25, 0.3) is 0 Å². The van der Waals surface area contributed by atoms with Crippen molar-refractivity contribution in [2.24, 2.45) is 0 Å². The van der Waals surface area contributed by atoms with Gasteiger partial charge < -0.3 is 5.11 Å². The molecule has 0 unspecified atom stereocenters. The Hall–Kier alpha value is 0.548. The third-order valence-electron chi connectivity index (χ3n) is 0.365. The SMILES string of the molecule is C=C(C)C(=O)O.[Sm]. The second-order valence-corrected chi connectivity index (χ2v) is 1.09. The predicted octanol–water partition coefficient (Wildman–Crippen LogP) is 0.647. The quantitative estimate of drug-likeness (QED) is 0.679. The predicted molar refractivity (Wildman–Crippen MR) is 22.4 cm³/mol. The smallest absolute Gasteiger partial charge is 0.330 e. The third kappa shape index (κ3) is 6.55. The molecule has 0 atom stereocenters. The molecule has 0 bridgehead atoms. The number of carboxylic acid groups (broad SMARTS) is 1. The molecular weight excluding hydrogens is 230 g/mol. The summed E-state index contributed by atoms with van der Waals surface area (Å²) >= 11 is 0. The van der Waals surface area contributed by atoms with Gasteiger partial charge in [-0.3, -0.25) is 0 Å². The fraction of sp³-hybridized carbons (Fsp3) is 0.250. The Morgan fingerprint density at radius 3 is 1.86 bits per heavy atom. The van der Waals surface area contributed by atoms with Crippen LogP contribution in [-0.2, 0) is 4.79 Å². The van der Waals surface area contributed by atoms with E-state index in [1.54, 1.807) is 0 Å². The summed E-state index contributed by atoms with van der Waals surface area (Å²) in [6.45, 7) is 4.60. The van der Waals surface area contributed by atoms with Crippen LogP contribution in [0.2, 0.25) is 0 Å². The summed E-state index contributed by atoms with van der Waals surface area (Å²) in [7, 11) is 0. The largest absolute Gasteiger partial charge is 0.478 e. The van der Waals surface area contributed by atoms with Gasteiger partial charge in [0.2, 0.25) is 0 Å².